The number of likely N-dealkylation sites (tertiary alicyclic amines) is 1. The van der Waals surface area contributed by atoms with Gasteiger partial charge in [-0.25, -0.2) is 4.98 Å². The molecule has 1 fully saturated rings. The highest BCUT2D eigenvalue weighted by Gasteiger charge is 2.22. The van der Waals surface area contributed by atoms with Crippen LogP contribution in [0.25, 0.3) is 0 Å². The van der Waals surface area contributed by atoms with Gasteiger partial charge in [0.2, 0.25) is 0 Å². The number of benzene rings is 1. The lowest BCUT2D eigenvalue weighted by molar-refractivity contribution is 0.0691. The Morgan fingerprint density at radius 3 is 2.68 bits per heavy atom. The number of thioether (sulfide) groups is 1. The first-order chi connectivity index (χ1) is 12.0. The van der Waals surface area contributed by atoms with Crippen molar-refractivity contribution in [3.63, 3.8) is 0 Å². The van der Waals surface area contributed by atoms with Gasteiger partial charge in [-0.15, -0.1) is 11.8 Å². The zero-order valence-electron chi connectivity index (χ0n) is 14.7. The molecule has 0 atom stereocenters. The van der Waals surface area contributed by atoms with E-state index in [0.717, 1.165) is 47.1 Å². The quantitative estimate of drug-likeness (QED) is 0.689. The van der Waals surface area contributed by atoms with Crippen LogP contribution in [0.3, 0.4) is 0 Å². The summed E-state index contributed by atoms with van der Waals surface area (Å²) in [7, 11) is 0. The summed E-state index contributed by atoms with van der Waals surface area (Å²) in [6.45, 7) is 5.96. The molecular weight excluding hydrogens is 352 g/mol. The summed E-state index contributed by atoms with van der Waals surface area (Å²) < 4.78 is 0. The smallest absolute Gasteiger partial charge is 0.272 e. The minimum Gasteiger partial charge on any atom is -0.337 e. The lowest BCUT2D eigenvalue weighted by Crippen LogP contribution is -2.38. The average Bonchev–Trinajstić information content (AvgIpc) is 2.62. The van der Waals surface area contributed by atoms with Gasteiger partial charge in [-0.1, -0.05) is 36.7 Å². The molecule has 132 valence electrons. The maximum Gasteiger partial charge on any atom is 0.272 e. The number of hydrogen-bond donors (Lipinski definition) is 0. The van der Waals surface area contributed by atoms with Crippen molar-refractivity contribution in [3.05, 3.63) is 58.4 Å². The van der Waals surface area contributed by atoms with E-state index in [-0.39, 0.29) is 5.91 Å². The molecule has 3 nitrogen and oxygen atoms in total. The van der Waals surface area contributed by atoms with Crippen LogP contribution in [-0.4, -0.2) is 28.9 Å². The van der Waals surface area contributed by atoms with E-state index >= 15 is 0 Å². The fourth-order valence-corrected chi connectivity index (χ4v) is 4.34. The summed E-state index contributed by atoms with van der Waals surface area (Å²) in [6, 6.07) is 11.6. The van der Waals surface area contributed by atoms with Crippen LogP contribution in [0.2, 0.25) is 5.02 Å². The highest BCUT2D eigenvalue weighted by Crippen LogP contribution is 2.32. The van der Waals surface area contributed by atoms with E-state index in [9.17, 15) is 4.79 Å². The van der Waals surface area contributed by atoms with Gasteiger partial charge in [0, 0.05) is 23.7 Å². The Bertz CT molecular complexity index is 737. The molecule has 0 N–H and O–H groups in total. The van der Waals surface area contributed by atoms with E-state index in [4.69, 9.17) is 11.6 Å². The molecule has 1 aromatic carbocycles. The second-order valence-electron chi connectivity index (χ2n) is 6.66. The van der Waals surface area contributed by atoms with Crippen LogP contribution in [0.5, 0.6) is 0 Å². The van der Waals surface area contributed by atoms with Crippen LogP contribution in [0.15, 0.2) is 41.3 Å². The molecular formula is C20H23ClN2OS. The van der Waals surface area contributed by atoms with Crippen LogP contribution in [0, 0.1) is 12.8 Å². The molecule has 1 amide bonds. The van der Waals surface area contributed by atoms with Crippen LogP contribution in [-0.2, 0) is 5.75 Å². The summed E-state index contributed by atoms with van der Waals surface area (Å²) in [6.07, 6.45) is 2.15. The third-order valence-corrected chi connectivity index (χ3v) is 6.32. The normalized spacial score (nSPS) is 15.4. The number of pyridine rings is 1. The molecule has 0 saturated carbocycles. The monoisotopic (exact) mass is 374 g/mol. The summed E-state index contributed by atoms with van der Waals surface area (Å²) >= 11 is 7.95. The molecule has 3 rings (SSSR count). The number of aryl methyl sites for hydroxylation is 1. The highest BCUT2D eigenvalue weighted by molar-refractivity contribution is 7.98. The van der Waals surface area contributed by atoms with Crippen LogP contribution >= 0.6 is 23.4 Å². The first kappa shape index (κ1) is 18.3. The highest BCUT2D eigenvalue weighted by atomic mass is 35.5. The maximum atomic E-state index is 12.7. The number of piperidine rings is 1. The first-order valence-electron chi connectivity index (χ1n) is 8.67. The Labute approximate surface area is 158 Å². The lowest BCUT2D eigenvalue weighted by atomic mass is 9.99. The van der Waals surface area contributed by atoms with Gasteiger partial charge in [-0.2, -0.15) is 0 Å². The molecule has 5 heteroatoms. The molecule has 25 heavy (non-hydrogen) atoms. The Hall–Kier alpha value is -1.52. The number of carbonyl (C=O) groups is 1. The Morgan fingerprint density at radius 2 is 1.96 bits per heavy atom. The van der Waals surface area contributed by atoms with Gasteiger partial charge in [0.25, 0.3) is 5.91 Å². The van der Waals surface area contributed by atoms with Crippen LogP contribution < -0.4 is 0 Å². The van der Waals surface area contributed by atoms with Crippen molar-refractivity contribution in [3.8, 4) is 0 Å². The van der Waals surface area contributed by atoms with Crippen LogP contribution in [0.4, 0.5) is 0 Å². The molecule has 1 aromatic heterocycles. The number of amides is 1. The molecule has 1 aliphatic heterocycles. The van der Waals surface area contributed by atoms with Gasteiger partial charge >= 0.3 is 0 Å². The summed E-state index contributed by atoms with van der Waals surface area (Å²) in [5, 5.41) is 0.764. The first-order valence-corrected chi connectivity index (χ1v) is 10.0. The van der Waals surface area contributed by atoms with E-state index in [1.165, 1.54) is 0 Å². The Morgan fingerprint density at radius 1 is 1.24 bits per heavy atom. The standard InChI is InChI=1S/C20H23ClN2OS/c1-14-9-11-23(12-10-14)20(24)18-8-4-6-16(22-18)13-25-19-15(2)5-3-7-17(19)21/h3-8,14H,9-13H2,1-2H3. The topological polar surface area (TPSA) is 33.2 Å². The number of rotatable bonds is 4. The summed E-state index contributed by atoms with van der Waals surface area (Å²) in [5.41, 5.74) is 2.61. The minimum absolute atomic E-state index is 0.0488. The molecule has 1 aliphatic rings. The van der Waals surface area contributed by atoms with Crippen LogP contribution in [0.1, 0.15) is 41.5 Å². The molecule has 0 bridgehead atoms. The second kappa shape index (κ2) is 8.24. The Kier molecular flexibility index (Phi) is 6.02. The molecule has 2 heterocycles. The average molecular weight is 375 g/mol. The van der Waals surface area contributed by atoms with Gasteiger partial charge in [0.15, 0.2) is 0 Å². The van der Waals surface area contributed by atoms with E-state index in [0.29, 0.717) is 17.4 Å². The number of carbonyl (C=O) groups excluding carboxylic acids is 1. The third-order valence-electron chi connectivity index (χ3n) is 4.62. The maximum absolute atomic E-state index is 12.7. The fourth-order valence-electron chi connectivity index (χ4n) is 3.00. The molecule has 0 aliphatic carbocycles. The molecule has 0 unspecified atom stereocenters. The number of aromatic nitrogens is 1. The van der Waals surface area contributed by atoms with Crippen molar-refractivity contribution in [2.45, 2.75) is 37.3 Å². The van der Waals surface area contributed by atoms with E-state index in [1.807, 2.05) is 35.2 Å². The zero-order chi connectivity index (χ0) is 17.8. The SMILES string of the molecule is Cc1cccc(Cl)c1SCc1cccc(C(=O)N2CCC(C)CC2)n1. The van der Waals surface area contributed by atoms with Crippen molar-refractivity contribution in [1.29, 1.82) is 0 Å². The number of nitrogens with zero attached hydrogens (tertiary/aromatic N) is 2. The molecule has 1 saturated heterocycles. The van der Waals surface area contributed by atoms with Gasteiger partial charge in [-0.05, 0) is 49.4 Å². The van der Waals surface area contributed by atoms with E-state index < -0.39 is 0 Å². The van der Waals surface area contributed by atoms with Gasteiger partial charge < -0.3 is 4.90 Å². The fraction of sp³-hybridized carbons (Fsp3) is 0.400. The van der Waals surface area contributed by atoms with Crippen molar-refractivity contribution in [2.24, 2.45) is 5.92 Å². The predicted molar refractivity (Wildman–Crippen MR) is 104 cm³/mol. The number of hydrogen-bond acceptors (Lipinski definition) is 3. The molecule has 2 aromatic rings. The minimum atomic E-state index is 0.0488. The third kappa shape index (κ3) is 4.56. The van der Waals surface area contributed by atoms with Crippen molar-refractivity contribution < 1.29 is 4.79 Å². The van der Waals surface area contributed by atoms with Gasteiger partial charge in [0.1, 0.15) is 5.69 Å². The summed E-state index contributed by atoms with van der Waals surface area (Å²) in [4.78, 5) is 20.3. The molecule has 0 radical (unpaired) electrons. The number of halogens is 1. The molecule has 0 spiro atoms. The zero-order valence-corrected chi connectivity index (χ0v) is 16.2. The van der Waals surface area contributed by atoms with Crippen molar-refractivity contribution in [1.82, 2.24) is 9.88 Å². The second-order valence-corrected chi connectivity index (χ2v) is 8.06. The van der Waals surface area contributed by atoms with E-state index in [1.54, 1.807) is 11.8 Å². The van der Waals surface area contributed by atoms with Gasteiger partial charge in [-0.3, -0.25) is 4.79 Å². The Balaban J connectivity index is 1.68. The lowest BCUT2D eigenvalue weighted by Gasteiger charge is -2.30. The summed E-state index contributed by atoms with van der Waals surface area (Å²) in [5.74, 6) is 1.45. The van der Waals surface area contributed by atoms with Crippen molar-refractivity contribution in [2.75, 3.05) is 13.1 Å². The van der Waals surface area contributed by atoms with E-state index in [2.05, 4.69) is 24.9 Å². The van der Waals surface area contributed by atoms with Gasteiger partial charge in [0.05, 0.1) is 10.7 Å². The van der Waals surface area contributed by atoms with Crippen molar-refractivity contribution >= 4 is 29.3 Å². The largest absolute Gasteiger partial charge is 0.337 e. The predicted octanol–water partition coefficient (Wildman–Crippen LogP) is 5.21.